The van der Waals surface area contributed by atoms with Crippen molar-refractivity contribution in [1.29, 1.82) is 0 Å². The van der Waals surface area contributed by atoms with E-state index in [9.17, 15) is 0 Å². The van der Waals surface area contributed by atoms with E-state index in [1.807, 2.05) is 60.7 Å². The third-order valence-electron chi connectivity index (χ3n) is 4.17. The normalized spacial score (nSPS) is 10.6. The lowest BCUT2D eigenvalue weighted by Crippen LogP contribution is -1.92. The lowest BCUT2D eigenvalue weighted by molar-refractivity contribution is 1.32. The maximum Gasteiger partial charge on any atom is 0.0787 e. The van der Waals surface area contributed by atoms with E-state index >= 15 is 0 Å². The molecule has 2 heteroatoms. The van der Waals surface area contributed by atoms with Crippen LogP contribution in [0.4, 0.5) is 0 Å². The average Bonchev–Trinajstić information content (AvgIpc) is 2.69. The Bertz CT molecular complexity index is 977. The highest BCUT2D eigenvalue weighted by Gasteiger charge is 2.11. The summed E-state index contributed by atoms with van der Waals surface area (Å²) in [6.07, 6.45) is 0. The van der Waals surface area contributed by atoms with Crippen LogP contribution in [0.5, 0.6) is 0 Å². The first-order chi connectivity index (χ1) is 12.3. The van der Waals surface area contributed by atoms with E-state index in [2.05, 4.69) is 36.4 Å². The molecule has 0 radical (unpaired) electrons. The lowest BCUT2D eigenvalue weighted by atomic mass is 9.98. The van der Waals surface area contributed by atoms with E-state index in [1.165, 1.54) is 0 Å². The zero-order chi connectivity index (χ0) is 17.1. The molecule has 25 heavy (non-hydrogen) atoms. The molecule has 4 aromatic rings. The largest absolute Gasteiger partial charge is 0.247 e. The van der Waals surface area contributed by atoms with Gasteiger partial charge in [-0.1, -0.05) is 90.5 Å². The van der Waals surface area contributed by atoms with Gasteiger partial charge in [-0.3, -0.25) is 0 Å². The van der Waals surface area contributed by atoms with Gasteiger partial charge in [-0.2, -0.15) is 0 Å². The molecule has 1 heterocycles. The molecule has 0 aliphatic rings. The minimum Gasteiger partial charge on any atom is -0.247 e. The Morgan fingerprint density at radius 1 is 0.520 bits per heavy atom. The van der Waals surface area contributed by atoms with Gasteiger partial charge in [0.1, 0.15) is 0 Å². The smallest absolute Gasteiger partial charge is 0.0787 e. The summed E-state index contributed by atoms with van der Waals surface area (Å²) in [6.45, 7) is 0. The van der Waals surface area contributed by atoms with E-state index in [1.54, 1.807) is 0 Å². The summed E-state index contributed by atoms with van der Waals surface area (Å²) in [7, 11) is 0. The molecular weight excluding hydrogens is 326 g/mol. The molecule has 0 unspecified atom stereocenters. The SMILES string of the molecule is Clc1ccc(-c2nc(-c3ccccc3)ccc2-c2ccccc2)cc1. The fraction of sp³-hybridized carbons (Fsp3) is 0. The molecule has 0 N–H and O–H groups in total. The van der Waals surface area contributed by atoms with Gasteiger partial charge in [-0.25, -0.2) is 4.98 Å². The van der Waals surface area contributed by atoms with Crippen molar-refractivity contribution >= 4 is 11.6 Å². The third kappa shape index (κ3) is 3.33. The van der Waals surface area contributed by atoms with E-state index in [0.29, 0.717) is 0 Å². The molecule has 1 aromatic heterocycles. The number of aromatic nitrogens is 1. The number of pyridine rings is 1. The Labute approximate surface area is 152 Å². The maximum atomic E-state index is 6.06. The second kappa shape index (κ2) is 6.92. The first kappa shape index (κ1) is 15.6. The molecular formula is C23H16ClN. The first-order valence-electron chi connectivity index (χ1n) is 8.19. The molecule has 0 saturated heterocycles. The molecule has 0 bridgehead atoms. The van der Waals surface area contributed by atoms with Crippen LogP contribution in [-0.2, 0) is 0 Å². The van der Waals surface area contributed by atoms with E-state index in [4.69, 9.17) is 16.6 Å². The Morgan fingerprint density at radius 2 is 1.12 bits per heavy atom. The average molecular weight is 342 g/mol. The fourth-order valence-electron chi connectivity index (χ4n) is 2.91. The van der Waals surface area contributed by atoms with Crippen LogP contribution in [0.1, 0.15) is 0 Å². The van der Waals surface area contributed by atoms with Gasteiger partial charge >= 0.3 is 0 Å². The minimum atomic E-state index is 0.726. The van der Waals surface area contributed by atoms with Crippen molar-refractivity contribution in [2.24, 2.45) is 0 Å². The summed E-state index contributed by atoms with van der Waals surface area (Å²) in [5, 5.41) is 0.726. The number of hydrogen-bond donors (Lipinski definition) is 0. The summed E-state index contributed by atoms with van der Waals surface area (Å²) < 4.78 is 0. The molecule has 0 atom stereocenters. The van der Waals surface area contributed by atoms with Crippen LogP contribution in [0.25, 0.3) is 33.6 Å². The van der Waals surface area contributed by atoms with Gasteiger partial charge in [0, 0.05) is 21.7 Å². The van der Waals surface area contributed by atoms with Gasteiger partial charge in [0.25, 0.3) is 0 Å². The molecule has 0 aliphatic carbocycles. The molecule has 120 valence electrons. The van der Waals surface area contributed by atoms with Crippen molar-refractivity contribution in [3.05, 3.63) is 102 Å². The third-order valence-corrected chi connectivity index (χ3v) is 4.42. The predicted molar refractivity (Wildman–Crippen MR) is 106 cm³/mol. The van der Waals surface area contributed by atoms with Crippen LogP contribution in [0, 0.1) is 0 Å². The molecule has 4 rings (SSSR count). The molecule has 0 fully saturated rings. The monoisotopic (exact) mass is 341 g/mol. The van der Waals surface area contributed by atoms with Gasteiger partial charge in [-0.05, 0) is 23.8 Å². The summed E-state index contributed by atoms with van der Waals surface area (Å²) in [5.41, 5.74) is 6.36. The highest BCUT2D eigenvalue weighted by molar-refractivity contribution is 6.30. The topological polar surface area (TPSA) is 12.9 Å². The van der Waals surface area contributed by atoms with Crippen LogP contribution in [0.15, 0.2) is 97.1 Å². The second-order valence-electron chi connectivity index (χ2n) is 5.83. The van der Waals surface area contributed by atoms with Gasteiger partial charge in [0.15, 0.2) is 0 Å². The van der Waals surface area contributed by atoms with Gasteiger partial charge in [0.05, 0.1) is 11.4 Å². The highest BCUT2D eigenvalue weighted by Crippen LogP contribution is 2.33. The van der Waals surface area contributed by atoms with Gasteiger partial charge in [-0.15, -0.1) is 0 Å². The van der Waals surface area contributed by atoms with Gasteiger partial charge < -0.3 is 0 Å². The van der Waals surface area contributed by atoms with Crippen molar-refractivity contribution in [2.75, 3.05) is 0 Å². The Kier molecular flexibility index (Phi) is 4.32. The van der Waals surface area contributed by atoms with Crippen LogP contribution in [-0.4, -0.2) is 4.98 Å². The van der Waals surface area contributed by atoms with E-state index in [0.717, 1.165) is 38.7 Å². The Morgan fingerprint density at radius 3 is 1.76 bits per heavy atom. The van der Waals surface area contributed by atoms with Crippen LogP contribution >= 0.6 is 11.6 Å². The minimum absolute atomic E-state index is 0.726. The number of halogens is 1. The molecule has 0 aliphatic heterocycles. The lowest BCUT2D eigenvalue weighted by Gasteiger charge is -2.12. The molecule has 1 nitrogen and oxygen atoms in total. The zero-order valence-electron chi connectivity index (χ0n) is 13.6. The second-order valence-corrected chi connectivity index (χ2v) is 6.27. The number of hydrogen-bond acceptors (Lipinski definition) is 1. The maximum absolute atomic E-state index is 6.06. The predicted octanol–water partition coefficient (Wildman–Crippen LogP) is 6.74. The van der Waals surface area contributed by atoms with Crippen molar-refractivity contribution < 1.29 is 0 Å². The summed E-state index contributed by atoms with van der Waals surface area (Å²) in [4.78, 5) is 4.98. The summed E-state index contributed by atoms with van der Waals surface area (Å²) in [6, 6.07) is 32.7. The van der Waals surface area contributed by atoms with Crippen molar-refractivity contribution in [1.82, 2.24) is 4.98 Å². The first-order valence-corrected chi connectivity index (χ1v) is 8.57. The van der Waals surface area contributed by atoms with Crippen molar-refractivity contribution in [3.8, 4) is 33.6 Å². The molecule has 3 aromatic carbocycles. The Balaban J connectivity index is 1.91. The quantitative estimate of drug-likeness (QED) is 0.402. The summed E-state index contributed by atoms with van der Waals surface area (Å²) in [5.74, 6) is 0. The number of rotatable bonds is 3. The fourth-order valence-corrected chi connectivity index (χ4v) is 3.03. The molecule has 0 amide bonds. The number of benzene rings is 3. The Hall–Kier alpha value is -2.90. The standard InChI is InChI=1S/C23H16ClN/c24-20-13-11-19(12-14-20)23-21(17-7-3-1-4-8-17)15-16-22(25-23)18-9-5-2-6-10-18/h1-16H. The van der Waals surface area contributed by atoms with E-state index in [-0.39, 0.29) is 0 Å². The molecule has 0 saturated carbocycles. The molecule has 0 spiro atoms. The number of nitrogens with zero attached hydrogens (tertiary/aromatic N) is 1. The van der Waals surface area contributed by atoms with Crippen LogP contribution < -0.4 is 0 Å². The van der Waals surface area contributed by atoms with Crippen LogP contribution in [0.3, 0.4) is 0 Å². The van der Waals surface area contributed by atoms with Crippen molar-refractivity contribution in [2.45, 2.75) is 0 Å². The highest BCUT2D eigenvalue weighted by atomic mass is 35.5. The van der Waals surface area contributed by atoms with Crippen molar-refractivity contribution in [3.63, 3.8) is 0 Å². The van der Waals surface area contributed by atoms with E-state index < -0.39 is 0 Å². The van der Waals surface area contributed by atoms with Gasteiger partial charge in [0.2, 0.25) is 0 Å². The summed E-state index contributed by atoms with van der Waals surface area (Å²) >= 11 is 6.06. The zero-order valence-corrected chi connectivity index (χ0v) is 14.3. The van der Waals surface area contributed by atoms with Crippen LogP contribution in [0.2, 0.25) is 5.02 Å².